The van der Waals surface area contributed by atoms with Crippen LogP contribution in [0.2, 0.25) is 0 Å². The molecule has 2 N–H and O–H groups in total. The van der Waals surface area contributed by atoms with Crippen LogP contribution in [0.15, 0.2) is 23.1 Å². The summed E-state index contributed by atoms with van der Waals surface area (Å²) in [6.07, 6.45) is 1.45. The van der Waals surface area contributed by atoms with Gasteiger partial charge in [0.1, 0.15) is 0 Å². The fourth-order valence-corrected chi connectivity index (χ4v) is 4.21. The highest BCUT2D eigenvalue weighted by Crippen LogP contribution is 2.27. The van der Waals surface area contributed by atoms with E-state index in [-0.39, 0.29) is 10.9 Å². The number of carbonyl (C=O) groups is 1. The van der Waals surface area contributed by atoms with Crippen molar-refractivity contribution in [2.24, 2.45) is 5.92 Å². The smallest absolute Gasteiger partial charge is 0.306 e. The summed E-state index contributed by atoms with van der Waals surface area (Å²) < 4.78 is 27.3. The van der Waals surface area contributed by atoms with Crippen molar-refractivity contribution >= 4 is 16.0 Å². The number of hydrogen-bond acceptors (Lipinski definition) is 3. The van der Waals surface area contributed by atoms with Crippen molar-refractivity contribution in [3.05, 3.63) is 29.3 Å². The lowest BCUT2D eigenvalue weighted by Crippen LogP contribution is -2.33. The zero-order valence-corrected chi connectivity index (χ0v) is 12.4. The van der Waals surface area contributed by atoms with Gasteiger partial charge in [-0.15, -0.1) is 0 Å². The average Bonchev–Trinajstić information content (AvgIpc) is 2.76. The van der Waals surface area contributed by atoms with E-state index in [2.05, 4.69) is 4.72 Å². The van der Waals surface area contributed by atoms with Crippen LogP contribution in [0, 0.1) is 19.8 Å². The third kappa shape index (κ3) is 3.19. The Balaban J connectivity index is 2.14. The molecule has 110 valence electrons. The van der Waals surface area contributed by atoms with Gasteiger partial charge in [0.25, 0.3) is 0 Å². The average molecular weight is 297 g/mol. The Labute approximate surface area is 119 Å². The van der Waals surface area contributed by atoms with Crippen molar-refractivity contribution in [2.75, 3.05) is 0 Å². The first kappa shape index (κ1) is 15.0. The zero-order valence-electron chi connectivity index (χ0n) is 11.6. The topological polar surface area (TPSA) is 83.5 Å². The highest BCUT2D eigenvalue weighted by atomic mass is 32.2. The van der Waals surface area contributed by atoms with Gasteiger partial charge in [-0.3, -0.25) is 4.79 Å². The second kappa shape index (κ2) is 5.54. The molecule has 1 saturated carbocycles. The van der Waals surface area contributed by atoms with Gasteiger partial charge >= 0.3 is 5.97 Å². The first-order chi connectivity index (χ1) is 9.29. The minimum Gasteiger partial charge on any atom is -0.481 e. The highest BCUT2D eigenvalue weighted by Gasteiger charge is 2.32. The Kier molecular flexibility index (Phi) is 4.15. The first-order valence-corrected chi connectivity index (χ1v) is 8.10. The highest BCUT2D eigenvalue weighted by molar-refractivity contribution is 7.89. The van der Waals surface area contributed by atoms with Gasteiger partial charge in [0.2, 0.25) is 10.0 Å². The molecule has 0 aliphatic heterocycles. The molecular formula is C14H19NO4S. The molecule has 1 fully saturated rings. The van der Waals surface area contributed by atoms with Crippen LogP contribution in [-0.2, 0) is 14.8 Å². The van der Waals surface area contributed by atoms with E-state index >= 15 is 0 Å². The molecule has 0 amide bonds. The number of nitrogens with one attached hydrogen (secondary N) is 1. The summed E-state index contributed by atoms with van der Waals surface area (Å²) in [6.45, 7) is 3.67. The monoisotopic (exact) mass is 297 g/mol. The molecule has 1 aromatic rings. The van der Waals surface area contributed by atoms with Crippen LogP contribution >= 0.6 is 0 Å². The lowest BCUT2D eigenvalue weighted by molar-refractivity contribution is -0.141. The standard InChI is InChI=1S/C14H19NO4S/c1-9-3-6-13(10(2)7-9)20(18,19)15-12-5-4-11(8-12)14(16)17/h3,6-7,11-12,15H,4-5,8H2,1-2H3,(H,16,17)/t11-,12+/m1/s1. The number of aliphatic carboxylic acids is 1. The number of hydrogen-bond donors (Lipinski definition) is 2. The molecule has 1 aliphatic carbocycles. The molecule has 1 aromatic carbocycles. The Hall–Kier alpha value is -1.40. The van der Waals surface area contributed by atoms with E-state index < -0.39 is 21.9 Å². The molecule has 0 saturated heterocycles. The molecule has 0 radical (unpaired) electrons. The minimum atomic E-state index is -3.58. The molecule has 0 spiro atoms. The van der Waals surface area contributed by atoms with Crippen molar-refractivity contribution < 1.29 is 18.3 Å². The Morgan fingerprint density at radius 2 is 2.00 bits per heavy atom. The summed E-state index contributed by atoms with van der Waals surface area (Å²) in [7, 11) is -3.58. The fraction of sp³-hybridized carbons (Fsp3) is 0.500. The summed E-state index contributed by atoms with van der Waals surface area (Å²) in [5.41, 5.74) is 1.71. The maximum atomic E-state index is 12.3. The molecular weight excluding hydrogens is 278 g/mol. The maximum absolute atomic E-state index is 12.3. The largest absolute Gasteiger partial charge is 0.481 e. The van der Waals surface area contributed by atoms with Gasteiger partial charge in [-0.2, -0.15) is 0 Å². The zero-order chi connectivity index (χ0) is 14.9. The lowest BCUT2D eigenvalue weighted by Gasteiger charge is -2.14. The molecule has 20 heavy (non-hydrogen) atoms. The number of sulfonamides is 1. The normalized spacial score (nSPS) is 22.9. The number of carboxylic acid groups (broad SMARTS) is 1. The van der Waals surface area contributed by atoms with Crippen molar-refractivity contribution in [1.29, 1.82) is 0 Å². The van der Waals surface area contributed by atoms with Gasteiger partial charge in [0.05, 0.1) is 10.8 Å². The van der Waals surface area contributed by atoms with Crippen molar-refractivity contribution in [3.63, 3.8) is 0 Å². The fourth-order valence-electron chi connectivity index (χ4n) is 2.70. The van der Waals surface area contributed by atoms with Crippen LogP contribution in [0.5, 0.6) is 0 Å². The predicted octanol–water partition coefficient (Wildman–Crippen LogP) is 1.84. The molecule has 0 unspecified atom stereocenters. The summed E-state index contributed by atoms with van der Waals surface area (Å²) >= 11 is 0. The quantitative estimate of drug-likeness (QED) is 0.888. The summed E-state index contributed by atoms with van der Waals surface area (Å²) in [5.74, 6) is -1.29. The second-order valence-corrected chi connectivity index (χ2v) is 7.12. The molecule has 6 heteroatoms. The summed E-state index contributed by atoms with van der Waals surface area (Å²) in [5, 5.41) is 8.94. The Bertz CT molecular complexity index is 624. The van der Waals surface area contributed by atoms with Crippen LogP contribution in [0.1, 0.15) is 30.4 Å². The first-order valence-electron chi connectivity index (χ1n) is 6.62. The van der Waals surface area contributed by atoms with Crippen LogP contribution < -0.4 is 4.72 Å². The van der Waals surface area contributed by atoms with Gasteiger partial charge in [-0.1, -0.05) is 17.7 Å². The molecule has 0 bridgehead atoms. The van der Waals surface area contributed by atoms with Gasteiger partial charge in [0.15, 0.2) is 0 Å². The summed E-state index contributed by atoms with van der Waals surface area (Å²) in [6, 6.07) is 4.89. The number of benzene rings is 1. The third-order valence-electron chi connectivity index (χ3n) is 3.72. The molecule has 1 aliphatic rings. The van der Waals surface area contributed by atoms with Gasteiger partial charge < -0.3 is 5.11 Å². The Morgan fingerprint density at radius 1 is 1.30 bits per heavy atom. The lowest BCUT2D eigenvalue weighted by atomic mass is 10.1. The van der Waals surface area contributed by atoms with Crippen molar-refractivity contribution in [2.45, 2.75) is 44.0 Å². The number of carboxylic acids is 1. The van der Waals surface area contributed by atoms with Gasteiger partial charge in [0, 0.05) is 6.04 Å². The predicted molar refractivity (Wildman–Crippen MR) is 75.0 cm³/mol. The van der Waals surface area contributed by atoms with Crippen LogP contribution in [0.3, 0.4) is 0 Å². The third-order valence-corrected chi connectivity index (χ3v) is 5.40. The van der Waals surface area contributed by atoms with E-state index in [4.69, 9.17) is 5.11 Å². The van der Waals surface area contributed by atoms with E-state index in [9.17, 15) is 13.2 Å². The second-order valence-electron chi connectivity index (χ2n) is 5.44. The molecule has 5 nitrogen and oxygen atoms in total. The SMILES string of the molecule is Cc1ccc(S(=O)(=O)N[C@H]2CC[C@@H](C(=O)O)C2)c(C)c1. The van der Waals surface area contributed by atoms with E-state index in [1.807, 2.05) is 13.0 Å². The molecule has 0 heterocycles. The van der Waals surface area contributed by atoms with Crippen LogP contribution in [0.25, 0.3) is 0 Å². The van der Waals surface area contributed by atoms with Crippen LogP contribution in [-0.4, -0.2) is 25.5 Å². The van der Waals surface area contributed by atoms with E-state index in [1.165, 1.54) is 0 Å². The van der Waals surface area contributed by atoms with Crippen molar-refractivity contribution in [3.8, 4) is 0 Å². The van der Waals surface area contributed by atoms with Gasteiger partial charge in [-0.25, -0.2) is 13.1 Å². The van der Waals surface area contributed by atoms with E-state index in [0.29, 0.717) is 24.8 Å². The van der Waals surface area contributed by atoms with E-state index in [1.54, 1.807) is 19.1 Å². The van der Waals surface area contributed by atoms with Crippen LogP contribution in [0.4, 0.5) is 0 Å². The number of rotatable bonds is 4. The maximum Gasteiger partial charge on any atom is 0.306 e. The van der Waals surface area contributed by atoms with E-state index in [0.717, 1.165) is 5.56 Å². The van der Waals surface area contributed by atoms with Crippen molar-refractivity contribution in [1.82, 2.24) is 4.72 Å². The summed E-state index contributed by atoms with van der Waals surface area (Å²) in [4.78, 5) is 11.2. The molecule has 2 atom stereocenters. The number of aryl methyl sites for hydroxylation is 2. The molecule has 2 rings (SSSR count). The minimum absolute atomic E-state index is 0.266. The molecule has 0 aromatic heterocycles. The van der Waals surface area contributed by atoms with Gasteiger partial charge in [-0.05, 0) is 44.7 Å². The Morgan fingerprint density at radius 3 is 2.55 bits per heavy atom.